The molecule has 4 nitrogen and oxygen atoms in total. The van der Waals surface area contributed by atoms with Crippen molar-refractivity contribution in [3.8, 4) is 0 Å². The molecule has 0 aliphatic rings. The number of hydrogen-bond acceptors (Lipinski definition) is 1. The topological polar surface area (TPSA) is 60.7 Å². The molecule has 2 heterocycles. The number of carbonyl (C=O) groups is 1. The van der Waals surface area contributed by atoms with Crippen LogP contribution in [0.5, 0.6) is 0 Å². The van der Waals surface area contributed by atoms with Crippen molar-refractivity contribution in [2.24, 2.45) is 0 Å². The first kappa shape index (κ1) is 11.8. The summed E-state index contributed by atoms with van der Waals surface area (Å²) in [7, 11) is 0. The van der Waals surface area contributed by atoms with Gasteiger partial charge in [0.05, 0.1) is 16.8 Å². The van der Waals surface area contributed by atoms with Crippen molar-refractivity contribution < 1.29 is 4.79 Å². The third-order valence-electron chi connectivity index (χ3n) is 3.67. The number of aromatic amines is 2. The molecule has 21 heavy (non-hydrogen) atoms. The molecule has 0 aliphatic carbocycles. The van der Waals surface area contributed by atoms with Gasteiger partial charge >= 0.3 is 0 Å². The van der Waals surface area contributed by atoms with Crippen LogP contribution in [0.15, 0.2) is 60.9 Å². The summed E-state index contributed by atoms with van der Waals surface area (Å²) < 4.78 is 0. The van der Waals surface area contributed by atoms with Crippen LogP contribution in [0, 0.1) is 0 Å². The second-order valence-electron chi connectivity index (χ2n) is 4.95. The highest BCUT2D eigenvalue weighted by Gasteiger charge is 2.12. The maximum absolute atomic E-state index is 12.5. The second-order valence-corrected chi connectivity index (χ2v) is 4.95. The molecule has 2 aromatic heterocycles. The largest absolute Gasteiger partial charge is 0.361 e. The highest BCUT2D eigenvalue weighted by molar-refractivity contribution is 6.14. The van der Waals surface area contributed by atoms with Crippen molar-refractivity contribution in [2.45, 2.75) is 0 Å². The molecule has 102 valence electrons. The number of H-pyrrole nitrogens is 2. The molecule has 4 rings (SSSR count). The number of amides is 1. The molecule has 1 amide bonds. The van der Waals surface area contributed by atoms with Crippen LogP contribution >= 0.6 is 0 Å². The van der Waals surface area contributed by atoms with Gasteiger partial charge in [0.2, 0.25) is 0 Å². The van der Waals surface area contributed by atoms with E-state index in [1.54, 1.807) is 0 Å². The van der Waals surface area contributed by atoms with E-state index in [0.717, 1.165) is 27.5 Å². The number of fused-ring (bicyclic) bond motifs is 2. The SMILES string of the molecule is O=C(Nc1c[nH]c2ccccc12)c1cccc2cc[nH]c12. The average Bonchev–Trinajstić information content (AvgIpc) is 3.14. The Balaban J connectivity index is 1.74. The van der Waals surface area contributed by atoms with E-state index in [2.05, 4.69) is 15.3 Å². The van der Waals surface area contributed by atoms with Crippen molar-refractivity contribution in [1.82, 2.24) is 9.97 Å². The molecule has 3 N–H and O–H groups in total. The van der Waals surface area contributed by atoms with E-state index in [4.69, 9.17) is 0 Å². The summed E-state index contributed by atoms with van der Waals surface area (Å²) in [5.41, 5.74) is 3.29. The molecular weight excluding hydrogens is 262 g/mol. The summed E-state index contributed by atoms with van der Waals surface area (Å²) in [5, 5.41) is 5.01. The third-order valence-corrected chi connectivity index (χ3v) is 3.67. The third kappa shape index (κ3) is 1.89. The normalized spacial score (nSPS) is 11.0. The van der Waals surface area contributed by atoms with Crippen molar-refractivity contribution >= 4 is 33.4 Å². The fourth-order valence-corrected chi connectivity index (χ4v) is 2.64. The fraction of sp³-hybridized carbons (Fsp3) is 0. The molecule has 2 aromatic carbocycles. The van der Waals surface area contributed by atoms with Gasteiger partial charge in [0.15, 0.2) is 0 Å². The van der Waals surface area contributed by atoms with Crippen LogP contribution in [0.2, 0.25) is 0 Å². The molecule has 0 atom stereocenters. The molecule has 0 saturated carbocycles. The van der Waals surface area contributed by atoms with Crippen LogP contribution in [0.1, 0.15) is 10.4 Å². The van der Waals surface area contributed by atoms with Gasteiger partial charge in [0.1, 0.15) is 0 Å². The molecule has 4 aromatic rings. The predicted octanol–water partition coefficient (Wildman–Crippen LogP) is 3.90. The highest BCUT2D eigenvalue weighted by Crippen LogP contribution is 2.24. The van der Waals surface area contributed by atoms with Crippen LogP contribution in [-0.4, -0.2) is 15.9 Å². The summed E-state index contributed by atoms with van der Waals surface area (Å²) >= 11 is 0. The number of rotatable bonds is 2. The number of carbonyl (C=O) groups excluding carboxylic acids is 1. The fourth-order valence-electron chi connectivity index (χ4n) is 2.64. The molecule has 0 spiro atoms. The van der Waals surface area contributed by atoms with Crippen LogP contribution in [-0.2, 0) is 0 Å². The van der Waals surface area contributed by atoms with E-state index < -0.39 is 0 Å². The standard InChI is InChI=1S/C17H13N3O/c21-17(13-6-3-4-11-8-9-18-16(11)13)20-15-10-19-14-7-2-1-5-12(14)15/h1-10,18-19H,(H,20,21). The number of para-hydroxylation sites is 2. The van der Waals surface area contributed by atoms with E-state index in [9.17, 15) is 4.79 Å². The molecular formula is C17H13N3O. The number of aromatic nitrogens is 2. The molecule has 0 aliphatic heterocycles. The molecule has 0 bridgehead atoms. The Morgan fingerprint density at radius 3 is 2.81 bits per heavy atom. The summed E-state index contributed by atoms with van der Waals surface area (Å²) in [5.74, 6) is -0.118. The molecule has 0 radical (unpaired) electrons. The van der Waals surface area contributed by atoms with Crippen LogP contribution < -0.4 is 5.32 Å². The van der Waals surface area contributed by atoms with Gasteiger partial charge in [-0.15, -0.1) is 0 Å². The number of nitrogens with one attached hydrogen (secondary N) is 3. The summed E-state index contributed by atoms with van der Waals surface area (Å²) in [6.07, 6.45) is 3.66. The van der Waals surface area contributed by atoms with Gasteiger partial charge in [-0.1, -0.05) is 30.3 Å². The second kappa shape index (κ2) is 4.52. The lowest BCUT2D eigenvalue weighted by atomic mass is 10.1. The van der Waals surface area contributed by atoms with E-state index in [0.29, 0.717) is 5.56 Å². The average molecular weight is 275 g/mol. The molecule has 0 saturated heterocycles. The maximum atomic E-state index is 12.5. The quantitative estimate of drug-likeness (QED) is 0.510. The van der Waals surface area contributed by atoms with Crippen molar-refractivity contribution in [2.75, 3.05) is 5.32 Å². The van der Waals surface area contributed by atoms with E-state index in [1.165, 1.54) is 0 Å². The summed E-state index contributed by atoms with van der Waals surface area (Å²) in [4.78, 5) is 18.8. The minimum absolute atomic E-state index is 0.118. The smallest absolute Gasteiger partial charge is 0.257 e. The summed E-state index contributed by atoms with van der Waals surface area (Å²) in [6, 6.07) is 15.5. The van der Waals surface area contributed by atoms with E-state index in [-0.39, 0.29) is 5.91 Å². The van der Waals surface area contributed by atoms with Gasteiger partial charge in [-0.25, -0.2) is 0 Å². The first-order valence-electron chi connectivity index (χ1n) is 6.76. The highest BCUT2D eigenvalue weighted by atomic mass is 16.1. The zero-order valence-corrected chi connectivity index (χ0v) is 11.2. The summed E-state index contributed by atoms with van der Waals surface area (Å²) in [6.45, 7) is 0. The number of hydrogen-bond donors (Lipinski definition) is 3. The Morgan fingerprint density at radius 1 is 0.952 bits per heavy atom. The Morgan fingerprint density at radius 2 is 1.86 bits per heavy atom. The Hall–Kier alpha value is -3.01. The molecule has 0 fully saturated rings. The zero-order valence-electron chi connectivity index (χ0n) is 11.2. The lowest BCUT2D eigenvalue weighted by Crippen LogP contribution is -2.12. The minimum atomic E-state index is -0.118. The van der Waals surface area contributed by atoms with Crippen LogP contribution in [0.3, 0.4) is 0 Å². The zero-order chi connectivity index (χ0) is 14.2. The monoisotopic (exact) mass is 275 g/mol. The van der Waals surface area contributed by atoms with Gasteiger partial charge in [0, 0.05) is 28.7 Å². The lowest BCUT2D eigenvalue weighted by molar-refractivity contribution is 0.102. The van der Waals surface area contributed by atoms with Gasteiger partial charge < -0.3 is 15.3 Å². The Kier molecular flexibility index (Phi) is 2.54. The lowest BCUT2D eigenvalue weighted by Gasteiger charge is -2.05. The van der Waals surface area contributed by atoms with Gasteiger partial charge in [-0.3, -0.25) is 4.79 Å². The van der Waals surface area contributed by atoms with Crippen molar-refractivity contribution in [3.05, 3.63) is 66.5 Å². The van der Waals surface area contributed by atoms with Gasteiger partial charge in [0.25, 0.3) is 5.91 Å². The Bertz CT molecular complexity index is 949. The van der Waals surface area contributed by atoms with E-state index >= 15 is 0 Å². The van der Waals surface area contributed by atoms with Gasteiger partial charge in [-0.2, -0.15) is 0 Å². The minimum Gasteiger partial charge on any atom is -0.361 e. The van der Waals surface area contributed by atoms with E-state index in [1.807, 2.05) is 60.9 Å². The first-order chi connectivity index (χ1) is 10.3. The predicted molar refractivity (Wildman–Crippen MR) is 84.6 cm³/mol. The van der Waals surface area contributed by atoms with Crippen molar-refractivity contribution in [3.63, 3.8) is 0 Å². The number of benzene rings is 2. The van der Waals surface area contributed by atoms with Gasteiger partial charge in [-0.05, 0) is 18.2 Å². The van der Waals surface area contributed by atoms with Crippen molar-refractivity contribution in [1.29, 1.82) is 0 Å². The van der Waals surface area contributed by atoms with Crippen LogP contribution in [0.25, 0.3) is 21.8 Å². The van der Waals surface area contributed by atoms with Crippen LogP contribution in [0.4, 0.5) is 5.69 Å². The Labute approximate surface area is 120 Å². The molecule has 0 unspecified atom stereocenters. The number of anilines is 1. The maximum Gasteiger partial charge on any atom is 0.257 e. The molecule has 4 heteroatoms. The first-order valence-corrected chi connectivity index (χ1v) is 6.76.